The zero-order valence-electron chi connectivity index (χ0n) is 16.8. The highest BCUT2D eigenvalue weighted by molar-refractivity contribution is 14.2. The number of H-pyrrole nitrogens is 1. The number of halogens is 1. The highest BCUT2D eigenvalue weighted by Crippen LogP contribution is 2.47. The minimum Gasteiger partial charge on any atom is -0.469 e. The molecule has 1 aromatic rings. The smallest absolute Gasteiger partial charge is 0.331 e. The van der Waals surface area contributed by atoms with Crippen LogP contribution in [0.3, 0.4) is 0 Å². The van der Waals surface area contributed by atoms with Gasteiger partial charge in [0.05, 0.1) is 39.2 Å². The van der Waals surface area contributed by atoms with E-state index < -0.39 is 28.9 Å². The van der Waals surface area contributed by atoms with Crippen LogP contribution in [0.2, 0.25) is 0 Å². The minimum absolute atomic E-state index is 0.220. The highest BCUT2D eigenvalue weighted by Gasteiger charge is 2.26. The first-order valence-electron chi connectivity index (χ1n) is 9.30. The summed E-state index contributed by atoms with van der Waals surface area (Å²) in [7, 11) is -1.83. The second kappa shape index (κ2) is 11.8. The number of esters is 1. The topological polar surface area (TPSA) is 126 Å². The third-order valence-electron chi connectivity index (χ3n) is 4.07. The van der Waals surface area contributed by atoms with Crippen molar-refractivity contribution in [1.82, 2.24) is 14.9 Å². The van der Waals surface area contributed by atoms with Gasteiger partial charge in [0.15, 0.2) is 11.5 Å². The van der Waals surface area contributed by atoms with Gasteiger partial charge in [-0.1, -0.05) is 0 Å². The van der Waals surface area contributed by atoms with Gasteiger partial charge in [-0.15, -0.1) is 0 Å². The number of methoxy groups -OCH3 is 1. The Balaban J connectivity index is 2.00. The normalized spacial score (nSPS) is 13.4. The number of nitrogens with zero attached hydrogens (tertiary/aromatic N) is 4. The summed E-state index contributed by atoms with van der Waals surface area (Å²) in [5.41, 5.74) is 0.132. The summed E-state index contributed by atoms with van der Waals surface area (Å²) >= 11 is -0.719. The van der Waals surface area contributed by atoms with Crippen molar-refractivity contribution in [2.45, 2.75) is 20.3 Å². The Morgan fingerprint density at radius 1 is 1.28 bits per heavy atom. The number of nitrogens with one attached hydrogen (secondary N) is 1. The molecule has 0 spiro atoms. The molecule has 0 fully saturated rings. The number of carbonyl (C=O) groups excluding carboxylic acids is 1. The number of aromatic amines is 1. The average Bonchev–Trinajstić information content (AvgIpc) is 3.12. The van der Waals surface area contributed by atoms with Crippen LogP contribution in [0.25, 0.3) is 0 Å². The summed E-state index contributed by atoms with van der Waals surface area (Å²) in [6.07, 6.45) is 1.82. The van der Waals surface area contributed by atoms with E-state index in [2.05, 4.69) is 13.1 Å². The van der Waals surface area contributed by atoms with Gasteiger partial charge in [0, 0.05) is 26.2 Å². The van der Waals surface area contributed by atoms with Gasteiger partial charge in [-0.2, -0.15) is 3.15 Å². The van der Waals surface area contributed by atoms with E-state index in [-0.39, 0.29) is 24.1 Å². The summed E-state index contributed by atoms with van der Waals surface area (Å²) in [4.78, 5) is 32.2. The lowest BCUT2D eigenvalue weighted by molar-refractivity contribution is -0.140. The monoisotopic (exact) mass is 543 g/mol. The maximum Gasteiger partial charge on any atom is 0.331 e. The largest absolute Gasteiger partial charge is 0.469 e. The van der Waals surface area contributed by atoms with E-state index in [0.29, 0.717) is 50.9 Å². The van der Waals surface area contributed by atoms with E-state index in [1.54, 1.807) is 13.8 Å². The van der Waals surface area contributed by atoms with E-state index in [1.807, 2.05) is 8.01 Å². The molecule has 1 aliphatic rings. The third-order valence-corrected chi connectivity index (χ3v) is 8.28. The predicted octanol–water partition coefficient (Wildman–Crippen LogP) is 2.42. The van der Waals surface area contributed by atoms with Crippen LogP contribution in [-0.4, -0.2) is 73.5 Å². The Kier molecular flexibility index (Phi) is 9.83. The molecule has 0 aliphatic carbocycles. The van der Waals surface area contributed by atoms with E-state index in [9.17, 15) is 14.2 Å². The van der Waals surface area contributed by atoms with Gasteiger partial charge in [-0.3, -0.25) is 17.3 Å². The van der Waals surface area contributed by atoms with Crippen molar-refractivity contribution >= 4 is 46.4 Å². The molecule has 2 rings (SSSR count). The first-order chi connectivity index (χ1) is 13.9. The Hall–Kier alpha value is -1.21. The second-order valence-electron chi connectivity index (χ2n) is 5.99. The van der Waals surface area contributed by atoms with Gasteiger partial charge in [-0.05, 0) is 13.8 Å². The summed E-state index contributed by atoms with van der Waals surface area (Å²) in [5.74, 6) is 0.277. The molecule has 2 heterocycles. The molecule has 0 saturated carbocycles. The van der Waals surface area contributed by atoms with Crippen molar-refractivity contribution in [1.29, 1.82) is 0 Å². The molecule has 11 nitrogen and oxygen atoms in total. The lowest BCUT2D eigenvalue weighted by Crippen LogP contribution is -2.35. The van der Waals surface area contributed by atoms with Crippen LogP contribution in [0.1, 0.15) is 20.3 Å². The van der Waals surface area contributed by atoms with E-state index in [1.165, 1.54) is 13.4 Å². The lowest BCUT2D eigenvalue weighted by Gasteiger charge is -2.26. The molecule has 0 amide bonds. The number of hydrogen-bond donors (Lipinski definition) is 1. The molecule has 13 heteroatoms. The summed E-state index contributed by atoms with van der Waals surface area (Å²) in [6.45, 7) is 6.21. The van der Waals surface area contributed by atoms with Gasteiger partial charge in [0.2, 0.25) is 0 Å². The first kappa shape index (κ1) is 24.1. The van der Waals surface area contributed by atoms with Crippen LogP contribution >= 0.6 is 28.9 Å². The third kappa shape index (κ3) is 7.21. The molecular formula is C16H27IN5O6P. The van der Waals surface area contributed by atoms with E-state index >= 15 is 0 Å². The lowest BCUT2D eigenvalue weighted by atomic mass is 10.3. The molecule has 0 aromatic carbocycles. The Morgan fingerprint density at radius 2 is 2.00 bits per heavy atom. The molecule has 1 aromatic heterocycles. The zero-order chi connectivity index (χ0) is 21.3. The molecular weight excluding hydrogens is 516 g/mol. The van der Waals surface area contributed by atoms with Gasteiger partial charge in [0.25, 0.3) is 5.56 Å². The van der Waals surface area contributed by atoms with E-state index in [4.69, 9.17) is 13.8 Å². The summed E-state index contributed by atoms with van der Waals surface area (Å²) in [5, 5.41) is 0. The number of fused-ring (bicyclic) bond motifs is 1. The fourth-order valence-electron chi connectivity index (χ4n) is 2.64. The highest BCUT2D eigenvalue weighted by atomic mass is 127. The molecule has 1 aliphatic heterocycles. The van der Waals surface area contributed by atoms with Crippen molar-refractivity contribution < 1.29 is 23.1 Å². The molecule has 0 bridgehead atoms. The Labute approximate surface area is 180 Å². The molecule has 29 heavy (non-hydrogen) atoms. The molecule has 164 valence electrons. The molecule has 0 atom stereocenters. The Morgan fingerprint density at radius 3 is 2.66 bits per heavy atom. The quantitative estimate of drug-likeness (QED) is 0.173. The Bertz CT molecular complexity index is 809. The number of carbonyl (C=O) groups is 1. The van der Waals surface area contributed by atoms with Crippen LogP contribution in [-0.2, 0) is 23.1 Å². The van der Waals surface area contributed by atoms with Crippen molar-refractivity contribution in [3.8, 4) is 0 Å². The van der Waals surface area contributed by atoms with Gasteiger partial charge in [-0.25, -0.2) is 4.98 Å². The van der Waals surface area contributed by atoms with Crippen molar-refractivity contribution in [3.63, 3.8) is 0 Å². The second-order valence-corrected chi connectivity index (χ2v) is 10.3. The summed E-state index contributed by atoms with van der Waals surface area (Å²) in [6, 6.07) is 0. The average molecular weight is 543 g/mol. The van der Waals surface area contributed by atoms with Crippen molar-refractivity contribution in [2.24, 2.45) is 3.15 Å². The van der Waals surface area contributed by atoms with Crippen LogP contribution < -0.4 is 8.67 Å². The number of anilines is 1. The molecule has 0 unspecified atom stereocenters. The first-order valence-corrected chi connectivity index (χ1v) is 13.0. The van der Waals surface area contributed by atoms with Crippen molar-refractivity contribution in [3.05, 3.63) is 16.7 Å². The SMILES string of the molecule is CCOP(=O)(CCN(CCC(=O)OC)CCN1I=Nc2c1nc[nH]c2=O)OCC. The number of ether oxygens (including phenoxy) is 1. The number of aromatic nitrogens is 2. The minimum atomic E-state index is -3.18. The van der Waals surface area contributed by atoms with Crippen LogP contribution in [0.4, 0.5) is 11.5 Å². The maximum atomic E-state index is 12.7. The summed E-state index contributed by atoms with van der Waals surface area (Å²) < 4.78 is 34.5. The predicted molar refractivity (Wildman–Crippen MR) is 117 cm³/mol. The van der Waals surface area contributed by atoms with Crippen molar-refractivity contribution in [2.75, 3.05) is 55.8 Å². The fraction of sp³-hybridized carbons (Fsp3) is 0.688. The van der Waals surface area contributed by atoms with Crippen LogP contribution in [0.15, 0.2) is 14.3 Å². The van der Waals surface area contributed by atoms with Gasteiger partial charge >= 0.3 is 13.6 Å². The zero-order valence-corrected chi connectivity index (χ0v) is 19.8. The standard InChI is InChI=1S/C16H27IN5O6P/c1-4-27-29(25,28-5-2)11-10-21(7-6-13(23)26-3)8-9-22-15-14(20-17-22)16(24)19-12-18-15/h12H,4-11H2,1-3H3,(H,18,19,24). The fourth-order valence-corrected chi connectivity index (χ4v) is 6.19. The molecule has 0 radical (unpaired) electrons. The van der Waals surface area contributed by atoms with Crippen LogP contribution in [0, 0.1) is 0 Å². The molecule has 0 saturated heterocycles. The van der Waals surface area contributed by atoms with E-state index in [0.717, 1.165) is 0 Å². The maximum absolute atomic E-state index is 12.7. The number of hydrogen-bond acceptors (Lipinski definition) is 10. The molecule has 1 N–H and O–H groups in total. The van der Waals surface area contributed by atoms with Gasteiger partial charge in [0.1, 0.15) is 21.3 Å². The van der Waals surface area contributed by atoms with Gasteiger partial charge < -0.3 is 23.7 Å². The van der Waals surface area contributed by atoms with Crippen LogP contribution in [0.5, 0.6) is 0 Å². The number of rotatable bonds is 13.